The van der Waals surface area contributed by atoms with Gasteiger partial charge in [0, 0.05) is 68.9 Å². The Labute approximate surface area is 259 Å². The third-order valence-electron chi connectivity index (χ3n) is 7.94. The SMILES string of the molecule is CC/C(=C\C=C(\C)CN(N)/C=C(\N)c1cnn(C)c1C)CC(=O)NC1=CCC(N(C)CCN2CCCC2)=CC(C(F)(F)F)=C1. The summed E-state index contributed by atoms with van der Waals surface area (Å²) < 4.78 is 43.4. The molecule has 2 aliphatic rings. The highest BCUT2D eigenvalue weighted by molar-refractivity contribution is 5.81. The topological polar surface area (TPSA) is 109 Å². The molecule has 0 atom stereocenters. The highest BCUT2D eigenvalue weighted by Crippen LogP contribution is 2.31. The number of halogens is 3. The maximum absolute atomic E-state index is 13.9. The number of rotatable bonds is 13. The molecule has 1 aromatic rings. The molecule has 1 amide bonds. The number of carbonyl (C=O) groups excluding carboxylic acids is 1. The Balaban J connectivity index is 1.61. The van der Waals surface area contributed by atoms with Crippen molar-refractivity contribution >= 4 is 11.6 Å². The van der Waals surface area contributed by atoms with Crippen LogP contribution in [0.5, 0.6) is 0 Å². The van der Waals surface area contributed by atoms with Crippen molar-refractivity contribution in [1.29, 1.82) is 0 Å². The van der Waals surface area contributed by atoms with Gasteiger partial charge in [0.1, 0.15) is 0 Å². The Morgan fingerprint density at radius 2 is 1.91 bits per heavy atom. The molecule has 5 N–H and O–H groups in total. The second-order valence-electron chi connectivity index (χ2n) is 11.5. The van der Waals surface area contributed by atoms with E-state index in [0.29, 0.717) is 30.9 Å². The van der Waals surface area contributed by atoms with Crippen LogP contribution in [0.4, 0.5) is 13.2 Å². The molecule has 44 heavy (non-hydrogen) atoms. The number of allylic oxidation sites excluding steroid dienone is 6. The maximum atomic E-state index is 13.9. The molecule has 0 spiro atoms. The molecular formula is C32H47F3N8O. The molecule has 1 saturated heterocycles. The summed E-state index contributed by atoms with van der Waals surface area (Å²) in [7, 11) is 3.66. The van der Waals surface area contributed by atoms with Crippen LogP contribution in [0.1, 0.15) is 57.2 Å². The lowest BCUT2D eigenvalue weighted by atomic mass is 10.1. The summed E-state index contributed by atoms with van der Waals surface area (Å²) >= 11 is 0. The molecule has 3 rings (SSSR count). The average molecular weight is 617 g/mol. The molecule has 0 aromatic carbocycles. The van der Waals surface area contributed by atoms with Crippen LogP contribution < -0.4 is 16.9 Å². The fourth-order valence-electron chi connectivity index (χ4n) is 5.07. The predicted octanol–water partition coefficient (Wildman–Crippen LogP) is 4.64. The van der Waals surface area contributed by atoms with Crippen molar-refractivity contribution in [2.75, 3.05) is 39.8 Å². The Bertz CT molecular complexity index is 1340. The third-order valence-corrected chi connectivity index (χ3v) is 7.94. The highest BCUT2D eigenvalue weighted by Gasteiger charge is 2.33. The van der Waals surface area contributed by atoms with E-state index in [4.69, 9.17) is 11.6 Å². The van der Waals surface area contributed by atoms with E-state index in [1.807, 2.05) is 51.9 Å². The van der Waals surface area contributed by atoms with Gasteiger partial charge in [-0.1, -0.05) is 36.3 Å². The minimum atomic E-state index is -4.54. The summed E-state index contributed by atoms with van der Waals surface area (Å²) in [6.07, 6.45) is 9.66. The number of hydrogen-bond donors (Lipinski definition) is 3. The van der Waals surface area contributed by atoms with Crippen molar-refractivity contribution in [3.63, 3.8) is 0 Å². The first-order chi connectivity index (χ1) is 20.8. The summed E-state index contributed by atoms with van der Waals surface area (Å²) in [6.45, 7) is 9.68. The first kappa shape index (κ1) is 34.7. The van der Waals surface area contributed by atoms with Crippen molar-refractivity contribution in [2.24, 2.45) is 18.6 Å². The smallest absolute Gasteiger partial charge is 0.397 e. The Morgan fingerprint density at radius 3 is 2.52 bits per heavy atom. The minimum Gasteiger partial charge on any atom is -0.397 e. The maximum Gasteiger partial charge on any atom is 0.416 e. The number of hydrogen-bond acceptors (Lipinski definition) is 7. The lowest BCUT2D eigenvalue weighted by molar-refractivity contribution is -0.119. The quantitative estimate of drug-likeness (QED) is 0.168. The van der Waals surface area contributed by atoms with Gasteiger partial charge >= 0.3 is 6.18 Å². The van der Waals surface area contributed by atoms with Crippen LogP contribution in [0.15, 0.2) is 70.9 Å². The van der Waals surface area contributed by atoms with Crippen molar-refractivity contribution < 1.29 is 18.0 Å². The van der Waals surface area contributed by atoms with E-state index in [0.717, 1.165) is 61.0 Å². The molecule has 1 aromatic heterocycles. The number of nitrogens with two attached hydrogens (primary N) is 2. The molecule has 0 unspecified atom stereocenters. The second-order valence-corrected chi connectivity index (χ2v) is 11.5. The van der Waals surface area contributed by atoms with E-state index < -0.39 is 11.7 Å². The largest absolute Gasteiger partial charge is 0.416 e. The number of hydrazine groups is 1. The fourth-order valence-corrected chi connectivity index (χ4v) is 5.07. The number of nitrogens with zero attached hydrogens (tertiary/aromatic N) is 5. The van der Waals surface area contributed by atoms with Crippen LogP contribution in [0, 0.1) is 6.92 Å². The standard InChI is InChI=1S/C32H47F3N8O/c1-6-25(10-9-23(2)21-43(37)22-30(36)29-20-38-41(5)24(29)3)17-31(44)39-27-11-12-28(19-26(18-27)32(33,34)35)40(4)15-16-42-13-7-8-14-42/h9-11,18-20,22H,6-8,12-17,21,36-37H2,1-5H3,(H,39,44)/b23-9-,25-10+,30-22-. The number of amides is 1. The minimum absolute atomic E-state index is 0.0578. The summed E-state index contributed by atoms with van der Waals surface area (Å²) in [6, 6.07) is 0. The summed E-state index contributed by atoms with van der Waals surface area (Å²) in [5, 5.41) is 8.37. The summed E-state index contributed by atoms with van der Waals surface area (Å²) in [5.74, 6) is 5.77. The molecule has 1 aliphatic heterocycles. The zero-order chi connectivity index (χ0) is 32.4. The van der Waals surface area contributed by atoms with E-state index in [2.05, 4.69) is 15.3 Å². The predicted molar refractivity (Wildman–Crippen MR) is 169 cm³/mol. The first-order valence-corrected chi connectivity index (χ1v) is 15.0. The van der Waals surface area contributed by atoms with E-state index in [1.54, 1.807) is 23.2 Å². The van der Waals surface area contributed by atoms with Gasteiger partial charge < -0.3 is 25.9 Å². The molecule has 1 fully saturated rings. The molecule has 0 bridgehead atoms. The average Bonchev–Trinajstić information content (AvgIpc) is 3.53. The van der Waals surface area contributed by atoms with Gasteiger partial charge in [-0.25, -0.2) is 5.84 Å². The first-order valence-electron chi connectivity index (χ1n) is 15.0. The number of likely N-dealkylation sites (tertiary alicyclic amines) is 1. The Morgan fingerprint density at radius 1 is 1.20 bits per heavy atom. The van der Waals surface area contributed by atoms with Crippen LogP contribution in [-0.4, -0.2) is 76.4 Å². The Hall–Kier alpha value is -3.77. The molecule has 242 valence electrons. The van der Waals surface area contributed by atoms with Gasteiger partial charge in [-0.15, -0.1) is 0 Å². The molecular weight excluding hydrogens is 569 g/mol. The number of nitrogens with one attached hydrogen (secondary N) is 1. The van der Waals surface area contributed by atoms with E-state index in [9.17, 15) is 18.0 Å². The number of carbonyl (C=O) groups is 1. The van der Waals surface area contributed by atoms with Crippen LogP contribution in [0.2, 0.25) is 0 Å². The molecule has 0 saturated carbocycles. The molecule has 1 aliphatic carbocycles. The molecule has 12 heteroatoms. The lowest BCUT2D eigenvalue weighted by Gasteiger charge is -2.25. The van der Waals surface area contributed by atoms with Crippen molar-refractivity contribution in [3.05, 3.63) is 82.1 Å². The van der Waals surface area contributed by atoms with Gasteiger partial charge in [0.15, 0.2) is 0 Å². The van der Waals surface area contributed by atoms with Gasteiger partial charge in [-0.3, -0.25) is 9.48 Å². The van der Waals surface area contributed by atoms with Crippen molar-refractivity contribution in [1.82, 2.24) is 29.9 Å². The van der Waals surface area contributed by atoms with E-state index in [1.165, 1.54) is 11.1 Å². The third kappa shape index (κ3) is 10.4. The number of alkyl halides is 3. The van der Waals surface area contributed by atoms with Gasteiger partial charge in [-0.05, 0) is 58.4 Å². The van der Waals surface area contributed by atoms with Crippen LogP contribution in [-0.2, 0) is 11.8 Å². The lowest BCUT2D eigenvalue weighted by Crippen LogP contribution is -2.31. The normalized spacial score (nSPS) is 17.2. The molecule has 9 nitrogen and oxygen atoms in total. The van der Waals surface area contributed by atoms with Crippen LogP contribution in [0.3, 0.4) is 0 Å². The zero-order valence-corrected chi connectivity index (χ0v) is 26.5. The van der Waals surface area contributed by atoms with Crippen molar-refractivity contribution in [3.8, 4) is 0 Å². The van der Waals surface area contributed by atoms with Gasteiger partial charge in [0.25, 0.3) is 0 Å². The number of aryl methyl sites for hydroxylation is 1. The highest BCUT2D eigenvalue weighted by atomic mass is 19.4. The molecule has 0 radical (unpaired) electrons. The monoisotopic (exact) mass is 616 g/mol. The number of aromatic nitrogens is 2. The Kier molecular flexibility index (Phi) is 12.5. The van der Waals surface area contributed by atoms with Crippen LogP contribution >= 0.6 is 0 Å². The summed E-state index contributed by atoms with van der Waals surface area (Å²) in [4.78, 5) is 17.1. The summed E-state index contributed by atoms with van der Waals surface area (Å²) in [5.41, 5.74) is 10.1. The van der Waals surface area contributed by atoms with Crippen molar-refractivity contribution in [2.45, 2.75) is 59.1 Å². The zero-order valence-electron chi connectivity index (χ0n) is 26.5. The van der Waals surface area contributed by atoms with Gasteiger partial charge in [0.2, 0.25) is 5.91 Å². The second kappa shape index (κ2) is 15.8. The molecule has 2 heterocycles. The fraction of sp³-hybridized carbons (Fsp3) is 0.500. The van der Waals surface area contributed by atoms with E-state index >= 15 is 0 Å². The van der Waals surface area contributed by atoms with Gasteiger partial charge in [-0.2, -0.15) is 18.3 Å². The van der Waals surface area contributed by atoms with Crippen LogP contribution in [0.25, 0.3) is 5.70 Å². The van der Waals surface area contributed by atoms with Gasteiger partial charge in [0.05, 0.1) is 24.0 Å². The number of likely N-dealkylation sites (N-methyl/N-ethyl adjacent to an activating group) is 1. The van der Waals surface area contributed by atoms with E-state index in [-0.39, 0.29) is 24.4 Å².